The molecule has 2 rings (SSSR count). The zero-order chi connectivity index (χ0) is 15.6. The van der Waals surface area contributed by atoms with Crippen LogP contribution in [0.15, 0.2) is 0 Å². The predicted molar refractivity (Wildman–Crippen MR) is 76.4 cm³/mol. The van der Waals surface area contributed by atoms with E-state index in [1.54, 1.807) is 11.8 Å². The molecule has 0 aromatic carbocycles. The lowest BCUT2D eigenvalue weighted by atomic mass is 9.94. The highest BCUT2D eigenvalue weighted by molar-refractivity contribution is 5.85. The third-order valence-electron chi connectivity index (χ3n) is 4.74. The largest absolute Gasteiger partial charge is 0.481 e. The minimum Gasteiger partial charge on any atom is -0.481 e. The molecule has 3 unspecified atom stereocenters. The standard InChI is InChI=1S/C15H24N2O4/c1-9-7-12(13(8-9)15(20)21)14(19)16-11-3-5-17(6-4-11)10(2)18/h9,11-13H,3-8H2,1-2H3,(H,16,19)(H,20,21). The third-order valence-corrected chi connectivity index (χ3v) is 4.74. The minimum atomic E-state index is -0.870. The van der Waals surface area contributed by atoms with Gasteiger partial charge in [-0.3, -0.25) is 14.4 Å². The van der Waals surface area contributed by atoms with Gasteiger partial charge in [0, 0.05) is 26.1 Å². The number of likely N-dealkylation sites (tertiary alicyclic amines) is 1. The lowest BCUT2D eigenvalue weighted by Gasteiger charge is -2.32. The molecule has 1 aliphatic heterocycles. The quantitative estimate of drug-likeness (QED) is 0.808. The third kappa shape index (κ3) is 3.74. The Morgan fingerprint density at radius 1 is 1.10 bits per heavy atom. The highest BCUT2D eigenvalue weighted by Gasteiger charge is 2.41. The van der Waals surface area contributed by atoms with Gasteiger partial charge in [-0.05, 0) is 31.6 Å². The lowest BCUT2D eigenvalue weighted by Crippen LogP contribution is -2.48. The average Bonchev–Trinajstić information content (AvgIpc) is 2.82. The number of carbonyl (C=O) groups excluding carboxylic acids is 2. The molecule has 0 bridgehead atoms. The summed E-state index contributed by atoms with van der Waals surface area (Å²) in [7, 11) is 0. The monoisotopic (exact) mass is 296 g/mol. The van der Waals surface area contributed by atoms with E-state index in [1.807, 2.05) is 6.92 Å². The first-order chi connectivity index (χ1) is 9.88. The van der Waals surface area contributed by atoms with Crippen LogP contribution in [0.25, 0.3) is 0 Å². The smallest absolute Gasteiger partial charge is 0.307 e. The number of nitrogens with zero attached hydrogens (tertiary/aromatic N) is 1. The number of rotatable bonds is 3. The average molecular weight is 296 g/mol. The molecule has 2 aliphatic rings. The van der Waals surface area contributed by atoms with Crippen LogP contribution in [-0.2, 0) is 14.4 Å². The number of nitrogens with one attached hydrogen (secondary N) is 1. The van der Waals surface area contributed by atoms with Crippen molar-refractivity contribution < 1.29 is 19.5 Å². The summed E-state index contributed by atoms with van der Waals surface area (Å²) in [6.07, 6.45) is 2.71. The Labute approximate surface area is 124 Å². The molecular weight excluding hydrogens is 272 g/mol. The van der Waals surface area contributed by atoms with Crippen LogP contribution >= 0.6 is 0 Å². The molecule has 2 N–H and O–H groups in total. The van der Waals surface area contributed by atoms with Crippen LogP contribution in [0.1, 0.15) is 39.5 Å². The molecule has 2 amide bonds. The summed E-state index contributed by atoms with van der Waals surface area (Å²) in [5.41, 5.74) is 0. The predicted octanol–water partition coefficient (Wildman–Crippen LogP) is 0.860. The first-order valence-electron chi connectivity index (χ1n) is 7.67. The van der Waals surface area contributed by atoms with E-state index in [0.29, 0.717) is 25.9 Å². The Kier molecular flexibility index (Phi) is 4.85. The van der Waals surface area contributed by atoms with E-state index in [0.717, 1.165) is 12.8 Å². The van der Waals surface area contributed by atoms with E-state index in [-0.39, 0.29) is 23.8 Å². The van der Waals surface area contributed by atoms with Gasteiger partial charge in [-0.15, -0.1) is 0 Å². The molecule has 0 spiro atoms. The summed E-state index contributed by atoms with van der Waals surface area (Å²) in [6.45, 7) is 4.86. The second kappa shape index (κ2) is 6.45. The topological polar surface area (TPSA) is 86.7 Å². The van der Waals surface area contributed by atoms with Gasteiger partial charge in [-0.2, -0.15) is 0 Å². The van der Waals surface area contributed by atoms with Gasteiger partial charge in [0.1, 0.15) is 0 Å². The Bertz CT molecular complexity index is 429. The van der Waals surface area contributed by atoms with Gasteiger partial charge in [-0.1, -0.05) is 6.92 Å². The van der Waals surface area contributed by atoms with Gasteiger partial charge in [0.2, 0.25) is 11.8 Å². The van der Waals surface area contributed by atoms with Crippen LogP contribution in [-0.4, -0.2) is 46.9 Å². The van der Waals surface area contributed by atoms with Crippen molar-refractivity contribution in [2.45, 2.75) is 45.6 Å². The Hall–Kier alpha value is -1.59. The van der Waals surface area contributed by atoms with Crippen molar-refractivity contribution in [2.75, 3.05) is 13.1 Å². The van der Waals surface area contributed by atoms with Crippen molar-refractivity contribution in [3.05, 3.63) is 0 Å². The number of hydrogen-bond acceptors (Lipinski definition) is 3. The van der Waals surface area contributed by atoms with Crippen LogP contribution < -0.4 is 5.32 Å². The van der Waals surface area contributed by atoms with Gasteiger partial charge in [0.15, 0.2) is 0 Å². The van der Waals surface area contributed by atoms with Crippen molar-refractivity contribution >= 4 is 17.8 Å². The first-order valence-corrected chi connectivity index (χ1v) is 7.67. The molecule has 0 aromatic rings. The SMILES string of the molecule is CC(=O)N1CCC(NC(=O)C2CC(C)CC2C(=O)O)CC1. The number of amides is 2. The van der Waals surface area contributed by atoms with Crippen LogP contribution in [0.2, 0.25) is 0 Å². The summed E-state index contributed by atoms with van der Waals surface area (Å²) >= 11 is 0. The molecule has 21 heavy (non-hydrogen) atoms. The van der Waals surface area contributed by atoms with Gasteiger partial charge >= 0.3 is 5.97 Å². The normalized spacial score (nSPS) is 30.2. The van der Waals surface area contributed by atoms with Crippen molar-refractivity contribution in [3.63, 3.8) is 0 Å². The fourth-order valence-electron chi connectivity index (χ4n) is 3.50. The summed E-state index contributed by atoms with van der Waals surface area (Å²) in [4.78, 5) is 36.6. The lowest BCUT2D eigenvalue weighted by molar-refractivity contribution is -0.146. The van der Waals surface area contributed by atoms with Gasteiger partial charge in [0.05, 0.1) is 11.8 Å². The zero-order valence-electron chi connectivity index (χ0n) is 12.7. The number of hydrogen-bond donors (Lipinski definition) is 2. The second-order valence-corrected chi connectivity index (χ2v) is 6.42. The van der Waals surface area contributed by atoms with Gasteiger partial charge < -0.3 is 15.3 Å². The number of aliphatic carboxylic acids is 1. The van der Waals surface area contributed by atoms with Crippen LogP contribution in [0.5, 0.6) is 0 Å². The van der Waals surface area contributed by atoms with Crippen LogP contribution in [0.4, 0.5) is 0 Å². The number of carbonyl (C=O) groups is 3. The summed E-state index contributed by atoms with van der Waals surface area (Å²) in [6, 6.07) is 0.0541. The molecular formula is C15H24N2O4. The maximum atomic E-state index is 12.3. The van der Waals surface area contributed by atoms with Crippen molar-refractivity contribution in [3.8, 4) is 0 Å². The molecule has 1 saturated carbocycles. The van der Waals surface area contributed by atoms with E-state index in [4.69, 9.17) is 0 Å². The second-order valence-electron chi connectivity index (χ2n) is 6.42. The van der Waals surface area contributed by atoms with E-state index < -0.39 is 17.8 Å². The first kappa shape index (κ1) is 15.8. The van der Waals surface area contributed by atoms with Crippen LogP contribution in [0.3, 0.4) is 0 Å². The van der Waals surface area contributed by atoms with Crippen molar-refractivity contribution in [1.29, 1.82) is 0 Å². The Morgan fingerprint density at radius 3 is 2.19 bits per heavy atom. The molecule has 6 heteroatoms. The number of piperidine rings is 1. The summed E-state index contributed by atoms with van der Waals surface area (Å²) in [5.74, 6) is -1.63. The fourth-order valence-corrected chi connectivity index (χ4v) is 3.50. The van der Waals surface area contributed by atoms with Gasteiger partial charge in [-0.25, -0.2) is 0 Å². The Morgan fingerprint density at radius 2 is 1.67 bits per heavy atom. The molecule has 3 atom stereocenters. The molecule has 1 saturated heterocycles. The Balaban J connectivity index is 1.87. The number of carboxylic acids is 1. The fraction of sp³-hybridized carbons (Fsp3) is 0.800. The molecule has 0 radical (unpaired) electrons. The molecule has 6 nitrogen and oxygen atoms in total. The van der Waals surface area contributed by atoms with Crippen LogP contribution in [0, 0.1) is 17.8 Å². The van der Waals surface area contributed by atoms with Crippen molar-refractivity contribution in [1.82, 2.24) is 10.2 Å². The summed E-state index contributed by atoms with van der Waals surface area (Å²) < 4.78 is 0. The minimum absolute atomic E-state index is 0.0541. The zero-order valence-corrected chi connectivity index (χ0v) is 12.7. The highest BCUT2D eigenvalue weighted by Crippen LogP contribution is 2.36. The van der Waals surface area contributed by atoms with E-state index in [2.05, 4.69) is 5.32 Å². The van der Waals surface area contributed by atoms with Crippen molar-refractivity contribution in [2.24, 2.45) is 17.8 Å². The maximum absolute atomic E-state index is 12.3. The molecule has 0 aromatic heterocycles. The highest BCUT2D eigenvalue weighted by atomic mass is 16.4. The maximum Gasteiger partial charge on any atom is 0.307 e. The molecule has 118 valence electrons. The summed E-state index contributed by atoms with van der Waals surface area (Å²) in [5, 5.41) is 12.2. The van der Waals surface area contributed by atoms with E-state index in [1.165, 1.54) is 0 Å². The molecule has 1 aliphatic carbocycles. The molecule has 1 heterocycles. The van der Waals surface area contributed by atoms with E-state index >= 15 is 0 Å². The number of carboxylic acid groups (broad SMARTS) is 1. The van der Waals surface area contributed by atoms with E-state index in [9.17, 15) is 19.5 Å². The molecule has 2 fully saturated rings. The van der Waals surface area contributed by atoms with Gasteiger partial charge in [0.25, 0.3) is 0 Å².